The molecule has 2 N–H and O–H groups in total. The first kappa shape index (κ1) is 26.6. The van der Waals surface area contributed by atoms with E-state index in [4.69, 9.17) is 0 Å². The molecule has 38 heavy (non-hydrogen) atoms. The van der Waals surface area contributed by atoms with E-state index in [1.807, 2.05) is 45.9 Å². The predicted molar refractivity (Wildman–Crippen MR) is 150 cm³/mol. The molecule has 0 aliphatic carbocycles. The number of benzene rings is 3. The summed E-state index contributed by atoms with van der Waals surface area (Å²) in [5.74, 6) is -0.114. The Kier molecular flexibility index (Phi) is 7.90. The van der Waals surface area contributed by atoms with Gasteiger partial charge in [0.15, 0.2) is 0 Å². The molecule has 0 aliphatic rings. The molecule has 0 bridgehead atoms. The maximum atomic E-state index is 13.6. The second-order valence-corrected chi connectivity index (χ2v) is 9.86. The van der Waals surface area contributed by atoms with Gasteiger partial charge in [-0.3, -0.25) is 19.0 Å². The monoisotopic (exact) mass is 512 g/mol. The van der Waals surface area contributed by atoms with Crippen molar-refractivity contribution in [1.29, 1.82) is 0 Å². The summed E-state index contributed by atoms with van der Waals surface area (Å²) >= 11 is 0. The fourth-order valence-corrected chi connectivity index (χ4v) is 4.25. The number of nitrogens with one attached hydrogen (secondary N) is 2. The van der Waals surface area contributed by atoms with E-state index in [-0.39, 0.29) is 24.8 Å². The lowest BCUT2D eigenvalue weighted by Gasteiger charge is -2.15. The number of aryl methyl sites for hydroxylation is 1. The highest BCUT2D eigenvalue weighted by molar-refractivity contribution is 5.92. The lowest BCUT2D eigenvalue weighted by molar-refractivity contribution is -0.120. The van der Waals surface area contributed by atoms with Gasteiger partial charge >= 0.3 is 5.69 Å². The van der Waals surface area contributed by atoms with E-state index in [1.165, 1.54) is 4.57 Å². The van der Waals surface area contributed by atoms with Crippen LogP contribution in [0.15, 0.2) is 76.3 Å². The molecule has 0 unspecified atom stereocenters. The molecule has 0 atom stereocenters. The van der Waals surface area contributed by atoms with Crippen LogP contribution in [-0.4, -0.2) is 27.5 Å². The summed E-state index contributed by atoms with van der Waals surface area (Å²) in [4.78, 5) is 52.2. The average Bonchev–Trinajstić information content (AvgIpc) is 2.89. The summed E-state index contributed by atoms with van der Waals surface area (Å²) in [5, 5.41) is 6.09. The number of amides is 2. The maximum absolute atomic E-state index is 13.6. The van der Waals surface area contributed by atoms with E-state index in [0.29, 0.717) is 34.7 Å². The molecular formula is C30H32N4O4. The highest BCUT2D eigenvalue weighted by atomic mass is 16.2. The molecule has 0 fully saturated rings. The van der Waals surface area contributed by atoms with Crippen molar-refractivity contribution < 1.29 is 9.59 Å². The first-order valence-electron chi connectivity index (χ1n) is 12.6. The van der Waals surface area contributed by atoms with Crippen LogP contribution in [0.3, 0.4) is 0 Å². The number of carbonyl (C=O) groups excluding carboxylic acids is 2. The van der Waals surface area contributed by atoms with Gasteiger partial charge < -0.3 is 10.6 Å². The number of anilines is 1. The lowest BCUT2D eigenvalue weighted by Crippen LogP contribution is -2.40. The molecule has 0 radical (unpaired) electrons. The molecule has 2 amide bonds. The predicted octanol–water partition coefficient (Wildman–Crippen LogP) is 3.72. The van der Waals surface area contributed by atoms with E-state index >= 15 is 0 Å². The Morgan fingerprint density at radius 2 is 1.58 bits per heavy atom. The van der Waals surface area contributed by atoms with Gasteiger partial charge in [0.1, 0.15) is 6.54 Å². The Hall–Kier alpha value is -4.46. The zero-order valence-corrected chi connectivity index (χ0v) is 22.1. The molecule has 0 saturated heterocycles. The van der Waals surface area contributed by atoms with E-state index in [0.717, 1.165) is 21.3 Å². The zero-order chi connectivity index (χ0) is 27.4. The topological polar surface area (TPSA) is 102 Å². The minimum Gasteiger partial charge on any atom is -0.356 e. The van der Waals surface area contributed by atoms with Crippen LogP contribution in [0.2, 0.25) is 0 Å². The third kappa shape index (κ3) is 5.75. The molecule has 0 saturated carbocycles. The summed E-state index contributed by atoms with van der Waals surface area (Å²) in [6.45, 7) is 8.26. The van der Waals surface area contributed by atoms with Crippen LogP contribution in [0.25, 0.3) is 16.6 Å². The lowest BCUT2D eigenvalue weighted by atomic mass is 10.1. The molecule has 0 aliphatic heterocycles. The van der Waals surface area contributed by atoms with Crippen LogP contribution in [0.1, 0.15) is 30.5 Å². The van der Waals surface area contributed by atoms with Crippen LogP contribution in [0.5, 0.6) is 0 Å². The van der Waals surface area contributed by atoms with E-state index < -0.39 is 11.2 Å². The molecular weight excluding hydrogens is 480 g/mol. The third-order valence-corrected chi connectivity index (χ3v) is 6.50. The van der Waals surface area contributed by atoms with Crippen LogP contribution < -0.4 is 21.9 Å². The van der Waals surface area contributed by atoms with Crippen molar-refractivity contribution in [2.24, 2.45) is 5.92 Å². The summed E-state index contributed by atoms with van der Waals surface area (Å²) in [6.07, 6.45) is 0.197. The Morgan fingerprint density at radius 1 is 0.868 bits per heavy atom. The van der Waals surface area contributed by atoms with Crippen LogP contribution >= 0.6 is 0 Å². The number of nitrogens with zero attached hydrogens (tertiary/aromatic N) is 2. The van der Waals surface area contributed by atoms with Crippen molar-refractivity contribution >= 4 is 28.4 Å². The van der Waals surface area contributed by atoms with Gasteiger partial charge in [0, 0.05) is 12.2 Å². The first-order valence-corrected chi connectivity index (χ1v) is 12.6. The molecule has 3 aromatic carbocycles. The average molecular weight is 513 g/mol. The fourth-order valence-electron chi connectivity index (χ4n) is 4.25. The summed E-state index contributed by atoms with van der Waals surface area (Å²) < 4.78 is 2.38. The quantitative estimate of drug-likeness (QED) is 0.376. The number of rotatable bonds is 8. The van der Waals surface area contributed by atoms with E-state index in [1.54, 1.807) is 48.5 Å². The third-order valence-electron chi connectivity index (χ3n) is 6.50. The Labute approximate surface area is 220 Å². The number of hydrogen-bond donors (Lipinski definition) is 2. The Balaban J connectivity index is 1.68. The Bertz CT molecular complexity index is 1610. The van der Waals surface area contributed by atoms with Gasteiger partial charge in [0.25, 0.3) is 5.56 Å². The van der Waals surface area contributed by atoms with Crippen molar-refractivity contribution in [3.63, 3.8) is 0 Å². The number of para-hydroxylation sites is 1. The number of fused-ring (bicyclic) bond motifs is 1. The van der Waals surface area contributed by atoms with Gasteiger partial charge in [0.2, 0.25) is 11.8 Å². The second kappa shape index (κ2) is 11.3. The van der Waals surface area contributed by atoms with Crippen molar-refractivity contribution in [1.82, 2.24) is 14.5 Å². The van der Waals surface area contributed by atoms with Gasteiger partial charge in [0.05, 0.1) is 23.0 Å². The SMILES string of the molecule is Cc1cccc(NC(=O)Cn2c(=O)n(-c3ccc(CC(=O)NCC(C)C)cc3)c(=O)c3ccccc32)c1C. The molecule has 8 nitrogen and oxygen atoms in total. The molecule has 4 rings (SSSR count). The maximum Gasteiger partial charge on any atom is 0.336 e. The van der Waals surface area contributed by atoms with Crippen LogP contribution in [0, 0.1) is 19.8 Å². The van der Waals surface area contributed by atoms with Gasteiger partial charge in [-0.05, 0) is 66.8 Å². The summed E-state index contributed by atoms with van der Waals surface area (Å²) in [5.41, 5.74) is 3.08. The van der Waals surface area contributed by atoms with Crippen molar-refractivity contribution in [3.8, 4) is 5.69 Å². The minimum atomic E-state index is -0.618. The smallest absolute Gasteiger partial charge is 0.336 e. The van der Waals surface area contributed by atoms with Gasteiger partial charge in [-0.15, -0.1) is 0 Å². The van der Waals surface area contributed by atoms with Crippen molar-refractivity contribution in [3.05, 3.63) is 104 Å². The van der Waals surface area contributed by atoms with Gasteiger partial charge in [-0.1, -0.05) is 50.2 Å². The van der Waals surface area contributed by atoms with Crippen molar-refractivity contribution in [2.75, 3.05) is 11.9 Å². The molecule has 0 spiro atoms. The second-order valence-electron chi connectivity index (χ2n) is 9.86. The Morgan fingerprint density at radius 3 is 2.29 bits per heavy atom. The fraction of sp³-hybridized carbons (Fsp3) is 0.267. The summed E-state index contributed by atoms with van der Waals surface area (Å²) in [6, 6.07) is 19.1. The van der Waals surface area contributed by atoms with Gasteiger partial charge in [-0.25, -0.2) is 9.36 Å². The number of hydrogen-bond acceptors (Lipinski definition) is 4. The van der Waals surface area contributed by atoms with Crippen LogP contribution in [0.4, 0.5) is 5.69 Å². The zero-order valence-electron chi connectivity index (χ0n) is 22.1. The normalized spacial score (nSPS) is 11.1. The highest BCUT2D eigenvalue weighted by Crippen LogP contribution is 2.18. The molecule has 1 heterocycles. The molecule has 4 aromatic rings. The first-order chi connectivity index (χ1) is 18.2. The van der Waals surface area contributed by atoms with E-state index in [9.17, 15) is 19.2 Å². The van der Waals surface area contributed by atoms with Crippen LogP contribution in [-0.2, 0) is 22.6 Å². The van der Waals surface area contributed by atoms with Crippen molar-refractivity contribution in [2.45, 2.75) is 40.7 Å². The highest BCUT2D eigenvalue weighted by Gasteiger charge is 2.17. The number of carbonyl (C=O) groups is 2. The van der Waals surface area contributed by atoms with E-state index in [2.05, 4.69) is 10.6 Å². The van der Waals surface area contributed by atoms with Gasteiger partial charge in [-0.2, -0.15) is 0 Å². The largest absolute Gasteiger partial charge is 0.356 e. The minimum absolute atomic E-state index is 0.0912. The molecule has 1 aromatic heterocycles. The number of aromatic nitrogens is 2. The standard InChI is InChI=1S/C30H32N4O4/c1-19(2)17-31-27(35)16-22-12-14-23(15-13-22)34-29(37)24-9-5-6-11-26(24)33(30(34)38)18-28(36)32-25-10-7-8-20(3)21(25)4/h5-15,19H,16-18H2,1-4H3,(H,31,35)(H,32,36). The molecule has 8 heteroatoms. The summed E-state index contributed by atoms with van der Waals surface area (Å²) in [7, 11) is 0. The molecule has 196 valence electrons.